The second-order valence-electron chi connectivity index (χ2n) is 11.3. The highest BCUT2D eigenvalue weighted by atomic mass is 16.2. The first-order chi connectivity index (χ1) is 18.1. The van der Waals surface area contributed by atoms with E-state index in [4.69, 9.17) is 11.5 Å². The van der Waals surface area contributed by atoms with Gasteiger partial charge in [0.15, 0.2) is 0 Å². The van der Waals surface area contributed by atoms with Gasteiger partial charge in [-0.05, 0) is 74.9 Å². The van der Waals surface area contributed by atoms with Crippen LogP contribution in [0.15, 0.2) is 41.3 Å². The van der Waals surface area contributed by atoms with Crippen molar-refractivity contribution in [2.24, 2.45) is 29.2 Å². The lowest BCUT2D eigenvalue weighted by molar-refractivity contribution is -0.137. The van der Waals surface area contributed by atoms with E-state index in [-0.39, 0.29) is 17.8 Å². The van der Waals surface area contributed by atoms with Gasteiger partial charge in [-0.2, -0.15) is 4.98 Å². The van der Waals surface area contributed by atoms with Crippen molar-refractivity contribution in [2.75, 3.05) is 51.1 Å². The molecule has 2 saturated heterocycles. The van der Waals surface area contributed by atoms with Crippen LogP contribution in [-0.4, -0.2) is 87.5 Å². The molecule has 3 aliphatic rings. The molecule has 3 fully saturated rings. The van der Waals surface area contributed by atoms with Crippen LogP contribution in [0.1, 0.15) is 25.8 Å². The molecule has 3 amide bonds. The van der Waals surface area contributed by atoms with Gasteiger partial charge in [0.05, 0.1) is 11.2 Å². The summed E-state index contributed by atoms with van der Waals surface area (Å²) in [5.74, 6) is 2.34. The first-order valence-electron chi connectivity index (χ1n) is 13.4. The van der Waals surface area contributed by atoms with E-state index in [1.807, 2.05) is 24.3 Å². The lowest BCUT2D eigenvalue weighted by Gasteiger charge is -2.37. The number of nitrogens with one attached hydrogen (secondary N) is 1. The summed E-state index contributed by atoms with van der Waals surface area (Å²) in [6.07, 6.45) is 2.85. The number of nitrogens with two attached hydrogens (primary N) is 2. The highest BCUT2D eigenvalue weighted by molar-refractivity contribution is 5.89. The van der Waals surface area contributed by atoms with Crippen molar-refractivity contribution in [1.29, 1.82) is 0 Å². The van der Waals surface area contributed by atoms with Crippen LogP contribution in [0.4, 0.5) is 10.6 Å². The monoisotopic (exact) mass is 522 g/mol. The topological polar surface area (TPSA) is 143 Å². The number of piperidine rings is 1. The number of hydrogen-bond acceptors (Lipinski definition) is 7. The third-order valence-electron chi connectivity index (χ3n) is 8.09. The maximum atomic E-state index is 12.7. The Kier molecular flexibility index (Phi) is 7.26. The molecule has 204 valence electrons. The Balaban J connectivity index is 1.14. The van der Waals surface area contributed by atoms with Crippen molar-refractivity contribution in [3.05, 3.63) is 52.6 Å². The fourth-order valence-corrected chi connectivity index (χ4v) is 5.84. The Labute approximate surface area is 222 Å². The maximum Gasteiger partial charge on any atom is 0.354 e. The first kappa shape index (κ1) is 26.3. The molecule has 1 aliphatic carbocycles. The van der Waals surface area contributed by atoms with Gasteiger partial charge >= 0.3 is 11.7 Å². The normalized spacial score (nSPS) is 23.6. The molecule has 1 saturated carbocycles. The Morgan fingerprint density at radius 3 is 2.34 bits per heavy atom. The average molecular weight is 523 g/mol. The Morgan fingerprint density at radius 1 is 1.03 bits per heavy atom. The second-order valence-corrected chi connectivity index (χ2v) is 11.3. The van der Waals surface area contributed by atoms with Gasteiger partial charge in [-0.25, -0.2) is 9.59 Å². The summed E-state index contributed by atoms with van der Waals surface area (Å²) in [6, 6.07) is 9.20. The van der Waals surface area contributed by atoms with Crippen molar-refractivity contribution in [1.82, 2.24) is 24.3 Å². The molecule has 0 spiro atoms. The van der Waals surface area contributed by atoms with E-state index in [1.54, 1.807) is 35.9 Å². The van der Waals surface area contributed by atoms with Gasteiger partial charge in [-0.1, -0.05) is 12.1 Å². The van der Waals surface area contributed by atoms with E-state index < -0.39 is 11.2 Å². The van der Waals surface area contributed by atoms with Gasteiger partial charge in [-0.15, -0.1) is 0 Å². The fourth-order valence-electron chi connectivity index (χ4n) is 5.84. The predicted molar refractivity (Wildman–Crippen MR) is 145 cm³/mol. The van der Waals surface area contributed by atoms with E-state index >= 15 is 0 Å². The van der Waals surface area contributed by atoms with Crippen LogP contribution in [0.5, 0.6) is 0 Å². The van der Waals surface area contributed by atoms with Crippen molar-refractivity contribution in [2.45, 2.75) is 32.4 Å². The number of nitrogens with zero attached hydrogens (tertiary/aromatic N) is 5. The molecule has 1 aromatic carbocycles. The number of benzene rings is 1. The summed E-state index contributed by atoms with van der Waals surface area (Å²) >= 11 is 0. The standard InChI is InChI=1S/C27H38N8O3/c1-27(2,29)24(36)33-11-13-34(14-12-33)25(37)30-23-8-10-35(26(38)31-23)19-5-3-18(4-6-19)16-32-9-7-20-21(15-28)22(20)17-32/h3-6,8,10,20-22H,7,9,11-17,28-29H2,1-2H3,(H,30,31,37,38)/t20-,21-,22-/m1/s1. The van der Waals surface area contributed by atoms with Crippen molar-refractivity contribution >= 4 is 17.8 Å². The van der Waals surface area contributed by atoms with Crippen LogP contribution < -0.4 is 22.5 Å². The summed E-state index contributed by atoms with van der Waals surface area (Å²) in [5, 5.41) is 2.70. The molecular weight excluding hydrogens is 484 g/mol. The van der Waals surface area contributed by atoms with Crippen LogP contribution >= 0.6 is 0 Å². The largest absolute Gasteiger partial charge is 0.354 e. The third kappa shape index (κ3) is 5.59. The van der Waals surface area contributed by atoms with E-state index in [0.29, 0.717) is 32.1 Å². The van der Waals surface area contributed by atoms with Crippen LogP contribution in [0, 0.1) is 17.8 Å². The zero-order chi connectivity index (χ0) is 27.0. The number of urea groups is 1. The van der Waals surface area contributed by atoms with Crippen molar-refractivity contribution in [3.63, 3.8) is 0 Å². The molecule has 38 heavy (non-hydrogen) atoms. The summed E-state index contributed by atoms with van der Waals surface area (Å²) in [4.78, 5) is 47.6. The minimum atomic E-state index is -0.944. The SMILES string of the molecule is CC(C)(N)C(=O)N1CCN(C(=O)Nc2ccn(-c3ccc(CN4CC[C@@H]5[C@@H](CN)[C@@H]5C4)cc3)c(=O)n2)CC1. The number of aromatic nitrogens is 2. The number of amides is 3. The molecule has 11 heteroatoms. The number of rotatable bonds is 6. The number of piperazine rings is 1. The number of fused-ring (bicyclic) bond motifs is 1. The molecular formula is C27H38N8O3. The molecule has 2 aromatic rings. The molecule has 0 unspecified atom stereocenters. The summed E-state index contributed by atoms with van der Waals surface area (Å²) in [7, 11) is 0. The molecule has 5 rings (SSSR count). The van der Waals surface area contributed by atoms with Crippen LogP contribution in [0.25, 0.3) is 5.69 Å². The highest BCUT2D eigenvalue weighted by Gasteiger charge is 2.51. The third-order valence-corrected chi connectivity index (χ3v) is 8.09. The zero-order valence-corrected chi connectivity index (χ0v) is 22.2. The fraction of sp³-hybridized carbons (Fsp3) is 0.556. The van der Waals surface area contributed by atoms with E-state index in [0.717, 1.165) is 43.7 Å². The van der Waals surface area contributed by atoms with Gasteiger partial charge in [0, 0.05) is 45.5 Å². The van der Waals surface area contributed by atoms with Gasteiger partial charge in [0.25, 0.3) is 0 Å². The lowest BCUT2D eigenvalue weighted by atomic mass is 10.1. The number of likely N-dealkylation sites (tertiary alicyclic amines) is 1. The molecule has 2 aliphatic heterocycles. The van der Waals surface area contributed by atoms with Crippen molar-refractivity contribution in [3.8, 4) is 5.69 Å². The number of hydrogen-bond donors (Lipinski definition) is 3. The maximum absolute atomic E-state index is 12.7. The smallest absolute Gasteiger partial charge is 0.338 e. The molecule has 5 N–H and O–H groups in total. The molecule has 0 bridgehead atoms. The van der Waals surface area contributed by atoms with Gasteiger partial charge in [0.1, 0.15) is 5.82 Å². The molecule has 3 atom stereocenters. The Morgan fingerprint density at radius 2 is 1.71 bits per heavy atom. The van der Waals surface area contributed by atoms with Gasteiger partial charge in [0.2, 0.25) is 5.91 Å². The van der Waals surface area contributed by atoms with E-state index in [9.17, 15) is 14.4 Å². The molecule has 1 aromatic heterocycles. The number of anilines is 1. The van der Waals surface area contributed by atoms with E-state index in [2.05, 4.69) is 15.2 Å². The second kappa shape index (κ2) is 10.5. The molecule has 0 radical (unpaired) electrons. The summed E-state index contributed by atoms with van der Waals surface area (Å²) < 4.78 is 1.46. The minimum Gasteiger partial charge on any atom is -0.338 e. The van der Waals surface area contributed by atoms with E-state index in [1.165, 1.54) is 16.6 Å². The highest BCUT2D eigenvalue weighted by Crippen LogP contribution is 2.50. The average Bonchev–Trinajstić information content (AvgIpc) is 3.61. The van der Waals surface area contributed by atoms with Crippen molar-refractivity contribution < 1.29 is 9.59 Å². The van der Waals surface area contributed by atoms with Gasteiger partial charge < -0.3 is 21.3 Å². The van der Waals surface area contributed by atoms with Crippen LogP contribution in [0.3, 0.4) is 0 Å². The Bertz CT molecular complexity index is 1230. The van der Waals surface area contributed by atoms with Gasteiger partial charge in [-0.3, -0.25) is 19.6 Å². The molecule has 11 nitrogen and oxygen atoms in total. The first-order valence-corrected chi connectivity index (χ1v) is 13.4. The quantitative estimate of drug-likeness (QED) is 0.506. The predicted octanol–water partition coefficient (Wildman–Crippen LogP) is 0.673. The number of carbonyl (C=O) groups is 2. The Hall–Kier alpha value is -3.28. The summed E-state index contributed by atoms with van der Waals surface area (Å²) in [5.41, 5.74) is 12.3. The molecule has 3 heterocycles. The van der Waals surface area contributed by atoms with Crippen LogP contribution in [0.2, 0.25) is 0 Å². The summed E-state index contributed by atoms with van der Waals surface area (Å²) in [6.45, 7) is 8.84. The zero-order valence-electron chi connectivity index (χ0n) is 22.2. The number of carbonyl (C=O) groups excluding carboxylic acids is 2. The van der Waals surface area contributed by atoms with Crippen LogP contribution in [-0.2, 0) is 11.3 Å². The minimum absolute atomic E-state index is 0.139. The lowest BCUT2D eigenvalue weighted by Crippen LogP contribution is -2.58.